The number of benzene rings is 2. The Kier molecular flexibility index (Phi) is 13.0. The second kappa shape index (κ2) is 16.8. The van der Waals surface area contributed by atoms with E-state index in [4.69, 9.17) is 5.73 Å². The Labute approximate surface area is 288 Å². The number of nitrogens with one attached hydrogen (secondary N) is 1. The lowest BCUT2D eigenvalue weighted by Crippen LogP contribution is -2.58. The van der Waals surface area contributed by atoms with Gasteiger partial charge < -0.3 is 21.1 Å². The number of aliphatic hydroxyl groups is 1. The van der Waals surface area contributed by atoms with Crippen LogP contribution in [-0.4, -0.2) is 71.0 Å². The first-order valence-corrected chi connectivity index (χ1v) is 18.8. The quantitative estimate of drug-likeness (QED) is 0.172. The van der Waals surface area contributed by atoms with Crippen LogP contribution in [0.5, 0.6) is 0 Å². The molecule has 3 atom stereocenters. The van der Waals surface area contributed by atoms with Crippen molar-refractivity contribution < 1.29 is 31.9 Å². The Hall–Kier alpha value is -3.74. The van der Waals surface area contributed by atoms with E-state index in [9.17, 15) is 31.9 Å². The summed E-state index contributed by atoms with van der Waals surface area (Å²) in [6, 6.07) is 11.2. The van der Waals surface area contributed by atoms with E-state index in [0.717, 1.165) is 35.7 Å². The smallest absolute Gasteiger partial charge is 0.252 e. The van der Waals surface area contributed by atoms with Crippen molar-refractivity contribution in [2.24, 2.45) is 5.73 Å². The Bertz CT molecular complexity index is 1660. The zero-order valence-corrected chi connectivity index (χ0v) is 29.3. The van der Waals surface area contributed by atoms with Crippen LogP contribution < -0.4 is 11.1 Å². The summed E-state index contributed by atoms with van der Waals surface area (Å²) in [5.74, 6) is -3.49. The van der Waals surface area contributed by atoms with Crippen molar-refractivity contribution in [2.75, 3.05) is 12.3 Å². The molecule has 0 spiro atoms. The molecule has 3 aromatic rings. The highest BCUT2D eigenvalue weighted by molar-refractivity contribution is 7.92. The third-order valence-electron chi connectivity index (χ3n) is 9.31. The number of nitrogens with two attached hydrogens (primary N) is 1. The van der Waals surface area contributed by atoms with Crippen LogP contribution in [0.3, 0.4) is 0 Å². The Balaban J connectivity index is 1.74. The number of carbonyl (C=O) groups is 2. The number of aliphatic hydroxyl groups excluding tert-OH is 1. The van der Waals surface area contributed by atoms with Crippen molar-refractivity contribution in [3.8, 4) is 0 Å². The van der Waals surface area contributed by atoms with Crippen molar-refractivity contribution in [3.05, 3.63) is 101 Å². The summed E-state index contributed by atoms with van der Waals surface area (Å²) in [7, 11) is -3.88. The zero-order chi connectivity index (χ0) is 35.8. The molecule has 9 nitrogen and oxygen atoms in total. The van der Waals surface area contributed by atoms with E-state index in [1.165, 1.54) is 29.4 Å². The van der Waals surface area contributed by atoms with Gasteiger partial charge in [-0.15, -0.1) is 0 Å². The Morgan fingerprint density at radius 2 is 1.61 bits per heavy atom. The van der Waals surface area contributed by atoms with Crippen molar-refractivity contribution in [3.63, 3.8) is 0 Å². The molecule has 1 unspecified atom stereocenters. The molecule has 1 saturated carbocycles. The number of halogens is 2. The molecule has 0 radical (unpaired) electrons. The SMILES string of the molecule is CCCC(CCC)S(=O)(=O)CC(NC(=O)c1ccncc1)C(=O)N(C[C@@H](O)[C@@H](N)Cc1cc(F)cc(F)c1)C1(c2cccc(CC)c2)CC1. The molecule has 4 rings (SSSR count). The number of hydrogen-bond acceptors (Lipinski definition) is 7. The highest BCUT2D eigenvalue weighted by Gasteiger charge is 2.53. The van der Waals surface area contributed by atoms with Gasteiger partial charge in [0.2, 0.25) is 5.91 Å². The predicted molar refractivity (Wildman–Crippen MR) is 185 cm³/mol. The Morgan fingerprint density at radius 1 is 0.980 bits per heavy atom. The van der Waals surface area contributed by atoms with Crippen LogP contribution >= 0.6 is 0 Å². The summed E-state index contributed by atoms with van der Waals surface area (Å²) in [6.07, 6.45) is 5.33. The van der Waals surface area contributed by atoms with Crippen molar-refractivity contribution in [1.82, 2.24) is 15.2 Å². The number of aromatic nitrogens is 1. The number of rotatable bonds is 18. The number of aryl methyl sites for hydroxylation is 1. The molecule has 4 N–H and O–H groups in total. The molecule has 1 aliphatic rings. The predicted octanol–water partition coefficient (Wildman–Crippen LogP) is 4.85. The summed E-state index contributed by atoms with van der Waals surface area (Å²) < 4.78 is 55.7. The van der Waals surface area contributed by atoms with E-state index >= 15 is 0 Å². The molecule has 1 heterocycles. The van der Waals surface area contributed by atoms with Crippen LogP contribution in [0.4, 0.5) is 8.78 Å². The minimum Gasteiger partial charge on any atom is -0.390 e. The first-order valence-electron chi connectivity index (χ1n) is 17.1. The van der Waals surface area contributed by atoms with E-state index in [0.29, 0.717) is 38.5 Å². The van der Waals surface area contributed by atoms with Gasteiger partial charge in [-0.2, -0.15) is 0 Å². The highest BCUT2D eigenvalue weighted by atomic mass is 32.2. The fraction of sp³-hybridized carbons (Fsp3) is 0.486. The van der Waals surface area contributed by atoms with E-state index in [1.807, 2.05) is 45.0 Å². The van der Waals surface area contributed by atoms with Gasteiger partial charge in [-0.3, -0.25) is 14.6 Å². The monoisotopic (exact) mass is 698 g/mol. The van der Waals surface area contributed by atoms with Crippen LogP contribution in [0.15, 0.2) is 67.0 Å². The molecule has 12 heteroatoms. The fourth-order valence-electron chi connectivity index (χ4n) is 6.47. The summed E-state index contributed by atoms with van der Waals surface area (Å²) in [4.78, 5) is 33.7. The van der Waals surface area contributed by atoms with Gasteiger partial charge in [-0.05, 0) is 79.5 Å². The van der Waals surface area contributed by atoms with Crippen LogP contribution in [0.1, 0.15) is 86.3 Å². The van der Waals surface area contributed by atoms with Gasteiger partial charge in [0.25, 0.3) is 5.91 Å². The van der Waals surface area contributed by atoms with E-state index in [2.05, 4.69) is 10.3 Å². The summed E-state index contributed by atoms with van der Waals surface area (Å²) in [5.41, 5.74) is 7.80. The first-order chi connectivity index (χ1) is 23.3. The number of sulfone groups is 1. The van der Waals surface area contributed by atoms with Crippen LogP contribution in [0.25, 0.3) is 0 Å². The maximum Gasteiger partial charge on any atom is 0.252 e. The number of amides is 2. The zero-order valence-electron chi connectivity index (χ0n) is 28.4. The van der Waals surface area contributed by atoms with Gasteiger partial charge in [0.15, 0.2) is 9.84 Å². The van der Waals surface area contributed by atoms with Crippen LogP contribution in [-0.2, 0) is 33.0 Å². The van der Waals surface area contributed by atoms with Gasteiger partial charge in [0, 0.05) is 36.6 Å². The molecular weight excluding hydrogens is 650 g/mol. The maximum absolute atomic E-state index is 14.8. The second-order valence-corrected chi connectivity index (χ2v) is 15.4. The van der Waals surface area contributed by atoms with Gasteiger partial charge >= 0.3 is 0 Å². The molecule has 1 fully saturated rings. The van der Waals surface area contributed by atoms with Crippen molar-refractivity contribution in [1.29, 1.82) is 0 Å². The largest absolute Gasteiger partial charge is 0.390 e. The molecule has 1 aliphatic carbocycles. The third kappa shape index (κ3) is 9.70. The average Bonchev–Trinajstić information content (AvgIpc) is 3.88. The lowest BCUT2D eigenvalue weighted by molar-refractivity contribution is -0.138. The number of carbonyl (C=O) groups excluding carboxylic acids is 2. The number of nitrogens with zero attached hydrogens (tertiary/aromatic N) is 2. The van der Waals surface area contributed by atoms with E-state index in [1.54, 1.807) is 0 Å². The van der Waals surface area contributed by atoms with E-state index in [-0.39, 0.29) is 24.1 Å². The van der Waals surface area contributed by atoms with Crippen molar-refractivity contribution >= 4 is 21.7 Å². The van der Waals surface area contributed by atoms with Gasteiger partial charge in [-0.25, -0.2) is 17.2 Å². The molecule has 0 bridgehead atoms. The standard InChI is InChI=1S/C37H48F2N4O5S/c1-4-8-31(9-5-2)49(47,48)24-33(42-35(45)27-12-16-41-17-13-27)36(46)43(37(14-15-37)28-11-7-10-25(6-3)18-28)23-34(44)32(40)21-26-19-29(38)22-30(39)20-26/h7,10-13,16-20,22,31-34,44H,4-6,8-9,14-15,21,23-24,40H2,1-3H3,(H,42,45)/t32-,33?,34+/m0/s1. The van der Waals surface area contributed by atoms with Crippen LogP contribution in [0.2, 0.25) is 0 Å². The van der Waals surface area contributed by atoms with Gasteiger partial charge in [0.1, 0.15) is 17.7 Å². The summed E-state index contributed by atoms with van der Waals surface area (Å²) in [6.45, 7) is 5.51. The fourth-order valence-corrected chi connectivity index (χ4v) is 8.62. The highest BCUT2D eigenvalue weighted by Crippen LogP contribution is 2.51. The molecule has 0 aliphatic heterocycles. The van der Waals surface area contributed by atoms with Crippen LogP contribution in [0, 0.1) is 11.6 Å². The number of hydrogen-bond donors (Lipinski definition) is 3. The minimum absolute atomic E-state index is 0.0809. The number of pyridine rings is 1. The molecule has 266 valence electrons. The second-order valence-electron chi connectivity index (χ2n) is 13.0. The lowest BCUT2D eigenvalue weighted by Gasteiger charge is -2.38. The maximum atomic E-state index is 14.8. The topological polar surface area (TPSA) is 143 Å². The molecular formula is C37H48F2N4O5S. The molecule has 49 heavy (non-hydrogen) atoms. The average molecular weight is 699 g/mol. The molecule has 1 aromatic heterocycles. The third-order valence-corrected chi connectivity index (χ3v) is 11.6. The Morgan fingerprint density at radius 3 is 2.18 bits per heavy atom. The first kappa shape index (κ1) is 38.1. The van der Waals surface area contributed by atoms with Gasteiger partial charge in [-0.1, -0.05) is 57.9 Å². The molecule has 0 saturated heterocycles. The minimum atomic E-state index is -3.88. The van der Waals surface area contributed by atoms with Gasteiger partial charge in [0.05, 0.1) is 22.6 Å². The van der Waals surface area contributed by atoms with E-state index < -0.39 is 68.0 Å². The normalized spacial score (nSPS) is 15.8. The lowest BCUT2D eigenvalue weighted by atomic mass is 9.96. The van der Waals surface area contributed by atoms with Crippen molar-refractivity contribution in [2.45, 2.75) is 101 Å². The molecule has 2 aromatic carbocycles. The summed E-state index contributed by atoms with van der Waals surface area (Å²) in [5, 5.41) is 13.5. The molecule has 2 amide bonds. The summed E-state index contributed by atoms with van der Waals surface area (Å²) >= 11 is 0.